The van der Waals surface area contributed by atoms with Gasteiger partial charge in [-0.15, -0.1) is 0 Å². The molecule has 2 aliphatic carbocycles. The number of nitrogens with one attached hydrogen (secondary N) is 4. The van der Waals surface area contributed by atoms with Crippen LogP contribution >= 0.6 is 0 Å². The molecule has 3 saturated heterocycles. The minimum atomic E-state index is -1.19. The van der Waals surface area contributed by atoms with Gasteiger partial charge in [-0.3, -0.25) is 9.59 Å². The Hall–Kier alpha value is -5.96. The van der Waals surface area contributed by atoms with Gasteiger partial charge in [0.2, 0.25) is 11.8 Å². The second-order valence-corrected chi connectivity index (χ2v) is 17.3. The predicted octanol–water partition coefficient (Wildman–Crippen LogP) is 6.40. The highest BCUT2D eigenvalue weighted by Gasteiger charge is 2.57. The molecule has 0 spiro atoms. The number of alkyl carbamates (subject to hydrolysis) is 1. The number of amides is 4. The third-order valence-corrected chi connectivity index (χ3v) is 13.1. The van der Waals surface area contributed by atoms with Crippen molar-refractivity contribution < 1.29 is 33.8 Å². The fourth-order valence-electron chi connectivity index (χ4n) is 9.65. The summed E-state index contributed by atoms with van der Waals surface area (Å²) in [5, 5.41) is 14.9. The zero-order chi connectivity index (χ0) is 41.7. The maximum Gasteiger partial charge on any atom is 0.407 e. The van der Waals surface area contributed by atoms with Crippen LogP contribution in [0, 0.1) is 23.7 Å². The number of methoxy groups -OCH3 is 1. The Morgan fingerprint density at radius 1 is 0.767 bits per heavy atom. The van der Waals surface area contributed by atoms with Crippen LogP contribution in [0.5, 0.6) is 0 Å². The molecule has 15 heteroatoms. The molecule has 5 heterocycles. The molecule has 9 rings (SSSR count). The number of nitrogens with zero attached hydrogens (tertiary/aromatic N) is 4. The smallest absolute Gasteiger partial charge is 0.407 e. The van der Waals surface area contributed by atoms with Gasteiger partial charge in [-0.05, 0) is 73.3 Å². The Labute approximate surface area is 348 Å². The average molecular weight is 817 g/mol. The van der Waals surface area contributed by atoms with E-state index in [2.05, 4.69) is 44.9 Å². The molecule has 5 fully saturated rings. The van der Waals surface area contributed by atoms with E-state index >= 15 is 0 Å². The van der Waals surface area contributed by atoms with Crippen molar-refractivity contribution in [2.75, 3.05) is 20.3 Å². The van der Waals surface area contributed by atoms with Crippen molar-refractivity contribution in [3.63, 3.8) is 0 Å². The Morgan fingerprint density at radius 3 is 1.73 bits per heavy atom. The van der Waals surface area contributed by atoms with E-state index in [1.54, 1.807) is 0 Å². The fraction of sp³-hybridized carbons (Fsp3) is 0.467. The van der Waals surface area contributed by atoms with E-state index in [0.29, 0.717) is 37.9 Å². The number of carbonyl (C=O) groups is 4. The first kappa shape index (κ1) is 39.5. The highest BCUT2D eigenvalue weighted by molar-refractivity contribution is 5.88. The second kappa shape index (κ2) is 16.2. The molecule has 0 radical (unpaired) electrons. The molecule has 8 atom stereocenters. The number of aromatic nitrogens is 4. The molecule has 15 nitrogen and oxygen atoms in total. The first-order valence-electron chi connectivity index (χ1n) is 21.1. The third kappa shape index (κ3) is 7.89. The zero-order valence-corrected chi connectivity index (χ0v) is 34.0. The van der Waals surface area contributed by atoms with Gasteiger partial charge >= 0.3 is 12.2 Å². The Morgan fingerprint density at radius 2 is 1.27 bits per heavy atom. The van der Waals surface area contributed by atoms with Crippen molar-refractivity contribution >= 4 is 36.2 Å². The summed E-state index contributed by atoms with van der Waals surface area (Å²) in [6, 6.07) is 14.8. The summed E-state index contributed by atoms with van der Waals surface area (Å²) in [5.74, 6) is 1.87. The van der Waals surface area contributed by atoms with Crippen LogP contribution in [-0.2, 0) is 19.1 Å². The van der Waals surface area contributed by atoms with Gasteiger partial charge in [-0.25, -0.2) is 19.6 Å². The van der Waals surface area contributed by atoms with Gasteiger partial charge in [0, 0.05) is 48.8 Å². The minimum absolute atomic E-state index is 0.0980. The van der Waals surface area contributed by atoms with E-state index in [1.807, 2.05) is 72.4 Å². The second-order valence-electron chi connectivity index (χ2n) is 17.3. The lowest BCUT2D eigenvalue weighted by Gasteiger charge is -2.35. The number of fused-ring (bicyclic) bond motifs is 2. The molecule has 5 N–H and O–H groups in total. The monoisotopic (exact) mass is 816 g/mol. The lowest BCUT2D eigenvalue weighted by molar-refractivity contribution is -0.138. The SMILES string of the molecule is COC(=O)N[C@H](C(=O)N1[C@@H]2C[C@@H]2C[C@H]1c1nc(-c2ccc(/C=C/c3ccc(-c4c[nH]c([C@@H]5C[C@H]6C[C@H]6N5C(=O)[C@@H](NC(=O)O)C5CCOCC5)n4)cc3)cc2)c[nH]1)C(C)C. The van der Waals surface area contributed by atoms with Crippen LogP contribution in [-0.4, -0.2) is 103 Å². The van der Waals surface area contributed by atoms with Gasteiger partial charge in [0.25, 0.3) is 0 Å². The van der Waals surface area contributed by atoms with Gasteiger partial charge in [0.15, 0.2) is 0 Å². The average Bonchev–Trinajstić information content (AvgIpc) is 3.84. The maximum absolute atomic E-state index is 14.0. The molecule has 314 valence electrons. The van der Waals surface area contributed by atoms with E-state index < -0.39 is 24.3 Å². The molecule has 2 saturated carbocycles. The van der Waals surface area contributed by atoms with Gasteiger partial charge in [-0.2, -0.15) is 0 Å². The molecule has 60 heavy (non-hydrogen) atoms. The number of rotatable bonds is 12. The first-order chi connectivity index (χ1) is 29.1. The third-order valence-electron chi connectivity index (χ3n) is 13.1. The van der Waals surface area contributed by atoms with E-state index in [-0.39, 0.29) is 47.8 Å². The number of imidazole rings is 2. The summed E-state index contributed by atoms with van der Waals surface area (Å²) in [7, 11) is 1.30. The predicted molar refractivity (Wildman–Crippen MR) is 222 cm³/mol. The summed E-state index contributed by atoms with van der Waals surface area (Å²) in [4.78, 5) is 71.9. The molecule has 4 amide bonds. The molecule has 2 aromatic carbocycles. The quantitative estimate of drug-likeness (QED) is 0.101. The van der Waals surface area contributed by atoms with Crippen LogP contribution in [0.15, 0.2) is 60.9 Å². The summed E-state index contributed by atoms with van der Waals surface area (Å²) < 4.78 is 10.3. The van der Waals surface area contributed by atoms with Crippen LogP contribution in [0.2, 0.25) is 0 Å². The number of aromatic amines is 2. The minimum Gasteiger partial charge on any atom is -0.465 e. The van der Waals surface area contributed by atoms with E-state index in [9.17, 15) is 24.3 Å². The Bertz CT molecular complexity index is 2260. The summed E-state index contributed by atoms with van der Waals surface area (Å²) in [6.07, 6.45) is 10.9. The maximum atomic E-state index is 14.0. The number of carboxylic acid groups (broad SMARTS) is 1. The van der Waals surface area contributed by atoms with Crippen molar-refractivity contribution in [3.05, 3.63) is 83.7 Å². The number of hydrogen-bond donors (Lipinski definition) is 5. The van der Waals surface area contributed by atoms with Crippen molar-refractivity contribution in [2.45, 2.75) is 88.6 Å². The van der Waals surface area contributed by atoms with Crippen LogP contribution in [0.25, 0.3) is 34.7 Å². The van der Waals surface area contributed by atoms with Crippen LogP contribution in [0.4, 0.5) is 9.59 Å². The number of hydrogen-bond acceptors (Lipinski definition) is 8. The van der Waals surface area contributed by atoms with Gasteiger partial charge in [-0.1, -0.05) is 74.5 Å². The van der Waals surface area contributed by atoms with Crippen molar-refractivity contribution in [2.24, 2.45) is 23.7 Å². The number of likely N-dealkylation sites (tertiary alicyclic amines) is 2. The largest absolute Gasteiger partial charge is 0.465 e. The molecule has 2 aromatic heterocycles. The number of H-pyrrole nitrogens is 2. The van der Waals surface area contributed by atoms with Gasteiger partial charge in [0.1, 0.15) is 23.7 Å². The van der Waals surface area contributed by atoms with Gasteiger partial charge in [0.05, 0.1) is 30.6 Å². The molecule has 0 unspecified atom stereocenters. The normalized spacial score (nSPS) is 25.5. The topological polar surface area (TPSA) is 195 Å². The molecule has 3 aliphatic heterocycles. The summed E-state index contributed by atoms with van der Waals surface area (Å²) >= 11 is 0. The molecular weight excluding hydrogens is 765 g/mol. The van der Waals surface area contributed by atoms with Crippen LogP contribution in [0.1, 0.15) is 87.2 Å². The number of carbonyl (C=O) groups excluding carboxylic acids is 3. The lowest BCUT2D eigenvalue weighted by atomic mass is 9.90. The first-order valence-corrected chi connectivity index (χ1v) is 21.1. The summed E-state index contributed by atoms with van der Waals surface area (Å²) in [6.45, 7) is 4.88. The van der Waals surface area contributed by atoms with Crippen molar-refractivity contribution in [1.82, 2.24) is 40.4 Å². The highest BCUT2D eigenvalue weighted by Crippen LogP contribution is 2.54. The zero-order valence-electron chi connectivity index (χ0n) is 34.0. The van der Waals surface area contributed by atoms with Crippen molar-refractivity contribution in [1.29, 1.82) is 0 Å². The van der Waals surface area contributed by atoms with Crippen molar-refractivity contribution in [3.8, 4) is 22.5 Å². The molecule has 0 bridgehead atoms. The molecule has 4 aromatic rings. The van der Waals surface area contributed by atoms with E-state index in [1.165, 1.54) is 7.11 Å². The van der Waals surface area contributed by atoms with Gasteiger partial charge < -0.3 is 45.0 Å². The highest BCUT2D eigenvalue weighted by atomic mass is 16.5. The van der Waals surface area contributed by atoms with Crippen LogP contribution < -0.4 is 10.6 Å². The number of benzene rings is 2. The van der Waals surface area contributed by atoms with Crippen LogP contribution in [0.3, 0.4) is 0 Å². The Balaban J connectivity index is 0.828. The van der Waals surface area contributed by atoms with E-state index in [4.69, 9.17) is 19.4 Å². The standard InChI is InChI=1S/C45H52N8O7/c1-24(2)38(51-45(58)59-3)42(54)52-34-18-30(34)20-36(52)40-46-22-32(48-40)27-10-6-25(7-11-27)4-5-26-8-12-28(13-9-26)33-23-47-41(49-33)37-21-31-19-35(31)53(37)43(55)39(50-44(56)57)29-14-16-60-17-15-29/h4-13,22-24,29-31,34-39,50H,14-21H2,1-3H3,(H,46,48)(H,47,49)(H,51,58)(H,56,57)/b5-4+/t30-,31-,34-,35-,36+,37+,38+,39+/m1/s1. The summed E-state index contributed by atoms with van der Waals surface area (Å²) in [5.41, 5.74) is 5.57. The van der Waals surface area contributed by atoms with E-state index in [0.717, 1.165) is 71.0 Å². The fourth-order valence-corrected chi connectivity index (χ4v) is 9.65. The molecule has 5 aliphatic rings. The lowest BCUT2D eigenvalue weighted by Crippen LogP contribution is -2.53. The number of ether oxygens (including phenoxy) is 2. The number of piperidine rings is 2. The Kier molecular flexibility index (Phi) is 10.7. The molecular formula is C45H52N8O7.